The lowest BCUT2D eigenvalue weighted by Gasteiger charge is -2.26. The molecule has 4 nitrogen and oxygen atoms in total. The monoisotopic (exact) mass is 289 g/mol. The van der Waals surface area contributed by atoms with Gasteiger partial charge in [0.05, 0.1) is 20.3 Å². The summed E-state index contributed by atoms with van der Waals surface area (Å²) in [6, 6.07) is 4.03. The molecule has 4 heteroatoms. The van der Waals surface area contributed by atoms with Crippen molar-refractivity contribution in [2.75, 3.05) is 33.4 Å². The highest BCUT2D eigenvalue weighted by atomic mass is 16.5. The molecule has 0 saturated heterocycles. The molecule has 0 aliphatic carbocycles. The smallest absolute Gasteiger partial charge is 0.164 e. The maximum Gasteiger partial charge on any atom is 0.164 e. The van der Waals surface area contributed by atoms with Crippen LogP contribution in [0.3, 0.4) is 0 Å². The van der Waals surface area contributed by atoms with Crippen molar-refractivity contribution in [2.24, 2.45) is 0 Å². The summed E-state index contributed by atoms with van der Waals surface area (Å²) in [6.45, 7) is 6.59. The van der Waals surface area contributed by atoms with E-state index in [1.807, 2.05) is 6.07 Å². The second-order valence-corrected chi connectivity index (χ2v) is 5.70. The Bertz CT molecular complexity index is 539. The number of fused-ring (bicyclic) bond motifs is 1. The number of nitrogens with zero attached hydrogens (tertiary/aromatic N) is 1. The summed E-state index contributed by atoms with van der Waals surface area (Å²) >= 11 is 0. The second-order valence-electron chi connectivity index (χ2n) is 5.70. The molecule has 0 spiro atoms. The summed E-state index contributed by atoms with van der Waals surface area (Å²) < 4.78 is 17.0. The third kappa shape index (κ3) is 3.32. The predicted molar refractivity (Wildman–Crippen MR) is 82.3 cm³/mol. The molecule has 2 aliphatic heterocycles. The van der Waals surface area contributed by atoms with Gasteiger partial charge >= 0.3 is 0 Å². The Morgan fingerprint density at radius 1 is 1.19 bits per heavy atom. The van der Waals surface area contributed by atoms with E-state index in [1.54, 1.807) is 7.11 Å². The lowest BCUT2D eigenvalue weighted by atomic mass is 10.1. The lowest BCUT2D eigenvalue weighted by molar-refractivity contribution is 0.278. The zero-order chi connectivity index (χ0) is 14.7. The first-order chi connectivity index (χ1) is 10.3. The number of methoxy groups -OCH3 is 1. The van der Waals surface area contributed by atoms with Crippen LogP contribution in [-0.2, 0) is 6.54 Å². The van der Waals surface area contributed by atoms with Crippen molar-refractivity contribution < 1.29 is 14.2 Å². The molecule has 0 aromatic heterocycles. The van der Waals surface area contributed by atoms with E-state index in [2.05, 4.69) is 24.0 Å². The Balaban J connectivity index is 1.82. The highest BCUT2D eigenvalue weighted by molar-refractivity contribution is 5.51. The summed E-state index contributed by atoms with van der Waals surface area (Å²) in [4.78, 5) is 2.43. The molecule has 0 atom stereocenters. The largest absolute Gasteiger partial charge is 0.496 e. The molecule has 0 unspecified atom stereocenters. The van der Waals surface area contributed by atoms with E-state index in [1.165, 1.54) is 5.57 Å². The third-order valence-corrected chi connectivity index (χ3v) is 4.06. The van der Waals surface area contributed by atoms with Crippen LogP contribution in [0.5, 0.6) is 17.2 Å². The van der Waals surface area contributed by atoms with Gasteiger partial charge in [0.1, 0.15) is 5.75 Å². The highest BCUT2D eigenvalue weighted by Gasteiger charge is 2.18. The average Bonchev–Trinajstić information content (AvgIpc) is 2.73. The average molecular weight is 289 g/mol. The van der Waals surface area contributed by atoms with Gasteiger partial charge in [0.2, 0.25) is 0 Å². The Hall–Kier alpha value is -1.68. The molecular weight excluding hydrogens is 266 g/mol. The van der Waals surface area contributed by atoms with Gasteiger partial charge in [-0.05, 0) is 19.4 Å². The molecule has 2 heterocycles. The van der Waals surface area contributed by atoms with Crippen molar-refractivity contribution >= 4 is 0 Å². The van der Waals surface area contributed by atoms with Gasteiger partial charge in [0, 0.05) is 37.7 Å². The van der Waals surface area contributed by atoms with Crippen LogP contribution in [0, 0.1) is 0 Å². The fourth-order valence-corrected chi connectivity index (χ4v) is 2.74. The highest BCUT2D eigenvalue weighted by Crippen LogP contribution is 2.37. The van der Waals surface area contributed by atoms with Gasteiger partial charge in [-0.3, -0.25) is 4.90 Å². The van der Waals surface area contributed by atoms with Crippen LogP contribution >= 0.6 is 0 Å². The van der Waals surface area contributed by atoms with E-state index in [0.717, 1.165) is 55.3 Å². The van der Waals surface area contributed by atoms with Crippen molar-refractivity contribution in [1.82, 2.24) is 4.90 Å². The van der Waals surface area contributed by atoms with E-state index in [0.29, 0.717) is 13.2 Å². The van der Waals surface area contributed by atoms with Crippen molar-refractivity contribution in [1.29, 1.82) is 0 Å². The number of ether oxygens (including phenoxy) is 3. The molecule has 0 fully saturated rings. The Kier molecular flexibility index (Phi) is 4.34. The first-order valence-electron chi connectivity index (χ1n) is 7.61. The van der Waals surface area contributed by atoms with E-state index < -0.39 is 0 Å². The molecule has 21 heavy (non-hydrogen) atoms. The standard InChI is InChI=1S/C17H23NO3/c1-13-4-6-18(7-5-13)12-14-10-16-17(11-15(14)19-2)21-9-3-8-20-16/h4,10-11H,3,5-9,12H2,1-2H3. The Morgan fingerprint density at radius 2 is 1.95 bits per heavy atom. The molecular formula is C17H23NO3. The van der Waals surface area contributed by atoms with Crippen LogP contribution in [0.2, 0.25) is 0 Å². The van der Waals surface area contributed by atoms with Gasteiger partial charge in [0.25, 0.3) is 0 Å². The fraction of sp³-hybridized carbons (Fsp3) is 0.529. The lowest BCUT2D eigenvalue weighted by Crippen LogP contribution is -2.28. The summed E-state index contributed by atoms with van der Waals surface area (Å²) in [5, 5.41) is 0. The minimum absolute atomic E-state index is 0.700. The number of hydrogen-bond acceptors (Lipinski definition) is 4. The quantitative estimate of drug-likeness (QED) is 0.800. The molecule has 114 valence electrons. The number of benzene rings is 1. The van der Waals surface area contributed by atoms with Crippen molar-refractivity contribution in [3.8, 4) is 17.2 Å². The second kappa shape index (κ2) is 6.39. The molecule has 0 amide bonds. The van der Waals surface area contributed by atoms with Gasteiger partial charge in [-0.2, -0.15) is 0 Å². The Morgan fingerprint density at radius 3 is 2.62 bits per heavy atom. The summed E-state index contributed by atoms with van der Waals surface area (Å²) in [7, 11) is 1.71. The maximum atomic E-state index is 5.78. The minimum atomic E-state index is 0.700. The minimum Gasteiger partial charge on any atom is -0.496 e. The van der Waals surface area contributed by atoms with Gasteiger partial charge in [-0.15, -0.1) is 0 Å². The van der Waals surface area contributed by atoms with Crippen LogP contribution < -0.4 is 14.2 Å². The number of rotatable bonds is 3. The fourth-order valence-electron chi connectivity index (χ4n) is 2.74. The third-order valence-electron chi connectivity index (χ3n) is 4.06. The van der Waals surface area contributed by atoms with E-state index in [9.17, 15) is 0 Å². The van der Waals surface area contributed by atoms with Crippen molar-refractivity contribution in [2.45, 2.75) is 26.3 Å². The zero-order valence-corrected chi connectivity index (χ0v) is 12.9. The van der Waals surface area contributed by atoms with Crippen LogP contribution in [0.25, 0.3) is 0 Å². The van der Waals surface area contributed by atoms with Gasteiger partial charge in [-0.25, -0.2) is 0 Å². The molecule has 0 N–H and O–H groups in total. The van der Waals surface area contributed by atoms with Gasteiger partial charge < -0.3 is 14.2 Å². The normalized spacial score (nSPS) is 18.9. The molecule has 0 saturated carbocycles. The zero-order valence-electron chi connectivity index (χ0n) is 12.9. The first kappa shape index (κ1) is 14.3. The molecule has 2 aliphatic rings. The van der Waals surface area contributed by atoms with E-state index in [4.69, 9.17) is 14.2 Å². The van der Waals surface area contributed by atoms with Gasteiger partial charge in [-0.1, -0.05) is 11.6 Å². The van der Waals surface area contributed by atoms with Crippen molar-refractivity contribution in [3.05, 3.63) is 29.3 Å². The molecule has 0 radical (unpaired) electrons. The summed E-state index contributed by atoms with van der Waals surface area (Å²) in [6.07, 6.45) is 4.37. The van der Waals surface area contributed by atoms with Gasteiger partial charge in [0.15, 0.2) is 11.5 Å². The summed E-state index contributed by atoms with van der Waals surface area (Å²) in [5.41, 5.74) is 2.64. The van der Waals surface area contributed by atoms with Crippen LogP contribution in [0.1, 0.15) is 25.3 Å². The van der Waals surface area contributed by atoms with Crippen LogP contribution in [-0.4, -0.2) is 38.3 Å². The van der Waals surface area contributed by atoms with Crippen molar-refractivity contribution in [3.63, 3.8) is 0 Å². The molecule has 1 aromatic rings. The van der Waals surface area contributed by atoms with Crippen LogP contribution in [0.15, 0.2) is 23.8 Å². The maximum absolute atomic E-state index is 5.78. The SMILES string of the molecule is COc1cc2c(cc1CN1CC=C(C)CC1)OCCCO2. The predicted octanol–water partition coefficient (Wildman–Crippen LogP) is 3.01. The molecule has 1 aromatic carbocycles. The summed E-state index contributed by atoms with van der Waals surface area (Å²) in [5.74, 6) is 2.51. The Labute approximate surface area is 126 Å². The molecule has 0 bridgehead atoms. The first-order valence-corrected chi connectivity index (χ1v) is 7.61. The molecule has 3 rings (SSSR count). The van der Waals surface area contributed by atoms with E-state index in [-0.39, 0.29) is 0 Å². The number of hydrogen-bond donors (Lipinski definition) is 0. The van der Waals surface area contributed by atoms with Crippen LogP contribution in [0.4, 0.5) is 0 Å². The van der Waals surface area contributed by atoms with E-state index >= 15 is 0 Å². The topological polar surface area (TPSA) is 30.9 Å².